The molecular formula is C21H36O5Si. The number of benzene rings is 1. The van der Waals surface area contributed by atoms with Crippen molar-refractivity contribution in [1.82, 2.24) is 0 Å². The third-order valence-electron chi connectivity index (χ3n) is 5.41. The first-order chi connectivity index (χ1) is 12.5. The molecule has 1 aromatic rings. The Morgan fingerprint density at radius 1 is 1.19 bits per heavy atom. The van der Waals surface area contributed by atoms with Crippen molar-refractivity contribution < 1.29 is 23.8 Å². The smallest absolute Gasteiger partial charge is 0.303 e. The molecule has 27 heavy (non-hydrogen) atoms. The minimum Gasteiger partial charge on any atom is -0.497 e. The van der Waals surface area contributed by atoms with Crippen LogP contribution in [0.3, 0.4) is 0 Å². The average Bonchev–Trinajstić information content (AvgIpc) is 2.58. The Hall–Kier alpha value is -1.37. The van der Waals surface area contributed by atoms with Crippen LogP contribution in [0, 0.1) is 5.92 Å². The van der Waals surface area contributed by atoms with Gasteiger partial charge in [0.25, 0.3) is 0 Å². The zero-order chi connectivity index (χ0) is 20.7. The maximum atomic E-state index is 10.9. The lowest BCUT2D eigenvalue weighted by molar-refractivity contribution is -0.137. The van der Waals surface area contributed by atoms with Crippen molar-refractivity contribution in [3.63, 3.8) is 0 Å². The number of carbonyl (C=O) groups is 1. The highest BCUT2D eigenvalue weighted by Crippen LogP contribution is 2.38. The van der Waals surface area contributed by atoms with Gasteiger partial charge in [-0.15, -0.1) is 0 Å². The van der Waals surface area contributed by atoms with Crippen LogP contribution in [0.15, 0.2) is 24.3 Å². The third-order valence-corrected chi connectivity index (χ3v) is 9.91. The van der Waals surface area contributed by atoms with Gasteiger partial charge in [0.1, 0.15) is 5.75 Å². The van der Waals surface area contributed by atoms with Crippen molar-refractivity contribution in [2.24, 2.45) is 5.92 Å². The number of aliphatic carboxylic acids is 1. The van der Waals surface area contributed by atoms with E-state index in [0.717, 1.165) is 11.3 Å². The molecule has 6 heteroatoms. The van der Waals surface area contributed by atoms with E-state index in [2.05, 4.69) is 40.8 Å². The van der Waals surface area contributed by atoms with Crippen molar-refractivity contribution in [1.29, 1.82) is 0 Å². The largest absolute Gasteiger partial charge is 0.497 e. The summed E-state index contributed by atoms with van der Waals surface area (Å²) in [5, 5.41) is 9.09. The Labute approximate surface area is 165 Å². The van der Waals surface area contributed by atoms with Gasteiger partial charge in [-0.25, -0.2) is 0 Å². The molecule has 0 aliphatic heterocycles. The molecule has 0 saturated carbocycles. The van der Waals surface area contributed by atoms with E-state index in [1.165, 1.54) is 0 Å². The summed E-state index contributed by atoms with van der Waals surface area (Å²) in [5.74, 6) is 0.165. The maximum absolute atomic E-state index is 10.9. The van der Waals surface area contributed by atoms with Crippen molar-refractivity contribution in [2.45, 2.75) is 71.4 Å². The average molecular weight is 397 g/mol. The molecular weight excluding hydrogens is 360 g/mol. The standard InChI is InChI=1S/C21H36O5Si/c1-16(8-13-20(22)23)19(26-27(6,7)21(2,3)4)15-25-14-17-9-11-18(24-5)12-10-17/h9-12,16,19H,8,13-15H2,1-7H3,(H,22,23)/t16-,19-/m0/s1. The molecule has 1 aromatic carbocycles. The molecule has 0 aromatic heterocycles. The fourth-order valence-corrected chi connectivity index (χ4v) is 3.83. The summed E-state index contributed by atoms with van der Waals surface area (Å²) >= 11 is 0. The number of hydrogen-bond acceptors (Lipinski definition) is 4. The minimum atomic E-state index is -1.97. The van der Waals surface area contributed by atoms with Gasteiger partial charge in [0, 0.05) is 6.42 Å². The van der Waals surface area contributed by atoms with Crippen molar-refractivity contribution in [2.75, 3.05) is 13.7 Å². The van der Waals surface area contributed by atoms with Crippen molar-refractivity contribution in [3.05, 3.63) is 29.8 Å². The predicted octanol–water partition coefficient (Wildman–Crippen LogP) is 5.10. The SMILES string of the molecule is COc1ccc(COC[C@H](O[Si](C)(C)C(C)(C)C)[C@@H](C)CCC(=O)O)cc1. The summed E-state index contributed by atoms with van der Waals surface area (Å²) in [6, 6.07) is 7.79. The molecule has 2 atom stereocenters. The molecule has 0 aliphatic carbocycles. The lowest BCUT2D eigenvalue weighted by atomic mass is 9.99. The van der Waals surface area contributed by atoms with Crippen molar-refractivity contribution >= 4 is 14.3 Å². The molecule has 0 unspecified atom stereocenters. The Bertz CT molecular complexity index is 577. The summed E-state index contributed by atoms with van der Waals surface area (Å²) in [6.07, 6.45) is 0.626. The van der Waals surface area contributed by atoms with Crippen LogP contribution in [0.25, 0.3) is 0 Å². The maximum Gasteiger partial charge on any atom is 0.303 e. The quantitative estimate of drug-likeness (QED) is 0.527. The highest BCUT2D eigenvalue weighted by atomic mass is 28.4. The van der Waals surface area contributed by atoms with Gasteiger partial charge in [-0.05, 0) is 48.2 Å². The van der Waals surface area contributed by atoms with Gasteiger partial charge < -0.3 is 19.0 Å². The van der Waals surface area contributed by atoms with Gasteiger partial charge in [-0.3, -0.25) is 4.79 Å². The third kappa shape index (κ3) is 8.03. The first-order valence-corrected chi connectivity index (χ1v) is 12.5. The molecule has 1 rings (SSSR count). The summed E-state index contributed by atoms with van der Waals surface area (Å²) in [6.45, 7) is 14.0. The van der Waals surface area contributed by atoms with Gasteiger partial charge in [0.15, 0.2) is 8.32 Å². The lowest BCUT2D eigenvalue weighted by Crippen LogP contribution is -2.47. The van der Waals surface area contributed by atoms with Gasteiger partial charge in [0.2, 0.25) is 0 Å². The van der Waals surface area contributed by atoms with Crippen LogP contribution in [0.4, 0.5) is 0 Å². The minimum absolute atomic E-state index is 0.0910. The molecule has 0 fully saturated rings. The summed E-state index contributed by atoms with van der Waals surface area (Å²) in [7, 11) is -0.327. The van der Waals surface area contributed by atoms with E-state index in [-0.39, 0.29) is 23.5 Å². The number of carboxylic acids is 1. The predicted molar refractivity (Wildman–Crippen MR) is 111 cm³/mol. The van der Waals surface area contributed by atoms with Gasteiger partial charge >= 0.3 is 5.97 Å². The zero-order valence-corrected chi connectivity index (χ0v) is 18.9. The molecule has 0 bridgehead atoms. The summed E-state index contributed by atoms with van der Waals surface area (Å²) in [5.41, 5.74) is 1.07. The fourth-order valence-electron chi connectivity index (χ4n) is 2.42. The van der Waals surface area contributed by atoms with Crippen LogP contribution in [0.2, 0.25) is 18.1 Å². The molecule has 0 amide bonds. The van der Waals surface area contributed by atoms with E-state index < -0.39 is 14.3 Å². The second-order valence-corrected chi connectivity index (χ2v) is 13.4. The van der Waals surface area contributed by atoms with Crippen LogP contribution in [-0.4, -0.2) is 39.2 Å². The monoisotopic (exact) mass is 396 g/mol. The number of methoxy groups -OCH3 is 1. The molecule has 0 saturated heterocycles. The first-order valence-electron chi connectivity index (χ1n) is 9.56. The van der Waals surface area contributed by atoms with E-state index >= 15 is 0 Å². The van der Waals surface area contributed by atoms with Crippen LogP contribution in [0.1, 0.15) is 46.1 Å². The van der Waals surface area contributed by atoms with Gasteiger partial charge in [-0.2, -0.15) is 0 Å². The number of ether oxygens (including phenoxy) is 2. The van der Waals surface area contributed by atoms with Crippen LogP contribution < -0.4 is 4.74 Å². The Morgan fingerprint density at radius 3 is 2.26 bits per heavy atom. The van der Waals surface area contributed by atoms with Gasteiger partial charge in [-0.1, -0.05) is 39.8 Å². The topological polar surface area (TPSA) is 65.0 Å². The Balaban J connectivity index is 2.72. The normalized spacial score (nSPS) is 14.6. The van der Waals surface area contributed by atoms with E-state index in [4.69, 9.17) is 19.0 Å². The van der Waals surface area contributed by atoms with E-state index in [1.807, 2.05) is 24.3 Å². The molecule has 0 heterocycles. The number of hydrogen-bond donors (Lipinski definition) is 1. The highest BCUT2D eigenvalue weighted by molar-refractivity contribution is 6.74. The molecule has 154 valence electrons. The van der Waals surface area contributed by atoms with Gasteiger partial charge in [0.05, 0.1) is 26.4 Å². The first kappa shape index (κ1) is 23.7. The summed E-state index contributed by atoms with van der Waals surface area (Å²) < 4.78 is 17.7. The second-order valence-electron chi connectivity index (χ2n) is 8.69. The van der Waals surface area contributed by atoms with Crippen LogP contribution >= 0.6 is 0 Å². The lowest BCUT2D eigenvalue weighted by Gasteiger charge is -2.40. The second kappa shape index (κ2) is 10.2. The Kier molecular flexibility index (Phi) is 8.98. The van der Waals surface area contributed by atoms with E-state index in [9.17, 15) is 4.79 Å². The molecule has 0 spiro atoms. The van der Waals surface area contributed by atoms with E-state index in [0.29, 0.717) is 19.6 Å². The van der Waals surface area contributed by atoms with Crippen LogP contribution in [-0.2, 0) is 20.6 Å². The Morgan fingerprint density at radius 2 is 1.78 bits per heavy atom. The zero-order valence-electron chi connectivity index (χ0n) is 17.9. The summed E-state index contributed by atoms with van der Waals surface area (Å²) in [4.78, 5) is 10.9. The van der Waals surface area contributed by atoms with E-state index in [1.54, 1.807) is 7.11 Å². The highest BCUT2D eigenvalue weighted by Gasteiger charge is 2.40. The fraction of sp³-hybridized carbons (Fsp3) is 0.667. The molecule has 0 radical (unpaired) electrons. The molecule has 5 nitrogen and oxygen atoms in total. The number of carboxylic acid groups (broad SMARTS) is 1. The van der Waals surface area contributed by atoms with Crippen LogP contribution in [0.5, 0.6) is 5.75 Å². The molecule has 0 aliphatic rings. The molecule has 1 N–H and O–H groups in total. The number of rotatable bonds is 11. The van der Waals surface area contributed by atoms with Crippen molar-refractivity contribution in [3.8, 4) is 5.75 Å².